The van der Waals surface area contributed by atoms with Gasteiger partial charge in [0, 0.05) is 9.58 Å². The Labute approximate surface area is 85.2 Å². The number of halogens is 1. The zero-order chi connectivity index (χ0) is 9.26. The minimum absolute atomic E-state index is 0.516. The summed E-state index contributed by atoms with van der Waals surface area (Å²) in [6, 6.07) is 12.0. The van der Waals surface area contributed by atoms with Crippen molar-refractivity contribution in [3.05, 3.63) is 35.2 Å². The first-order valence-electron chi connectivity index (χ1n) is 3.83. The van der Waals surface area contributed by atoms with Gasteiger partial charge in [-0.05, 0) is 17.5 Å². The highest BCUT2D eigenvalue weighted by molar-refractivity contribution is 7.19. The summed E-state index contributed by atoms with van der Waals surface area (Å²) < 4.78 is 1.18. The van der Waals surface area contributed by atoms with Gasteiger partial charge in [0.2, 0.25) is 0 Å². The lowest BCUT2D eigenvalue weighted by Gasteiger charge is -1.90. The van der Waals surface area contributed by atoms with Crippen molar-refractivity contribution in [1.29, 1.82) is 5.26 Å². The molecule has 0 aliphatic rings. The molecule has 3 heteroatoms. The van der Waals surface area contributed by atoms with E-state index in [9.17, 15) is 0 Å². The molecule has 1 heterocycles. The smallest absolute Gasteiger partial charge is 0.154 e. The van der Waals surface area contributed by atoms with E-state index in [4.69, 9.17) is 16.9 Å². The van der Waals surface area contributed by atoms with Crippen LogP contribution in [0, 0.1) is 11.3 Å². The quantitative estimate of drug-likeness (QED) is 0.654. The molecule has 1 atom stereocenters. The van der Waals surface area contributed by atoms with Gasteiger partial charge in [0.1, 0.15) is 0 Å². The van der Waals surface area contributed by atoms with Crippen molar-refractivity contribution >= 4 is 33.0 Å². The molecule has 0 bridgehead atoms. The molecule has 1 aromatic heterocycles. The van der Waals surface area contributed by atoms with E-state index in [0.29, 0.717) is 0 Å². The van der Waals surface area contributed by atoms with E-state index < -0.39 is 5.38 Å². The molecule has 64 valence electrons. The van der Waals surface area contributed by atoms with Gasteiger partial charge in [-0.2, -0.15) is 5.26 Å². The number of benzene rings is 1. The summed E-state index contributed by atoms with van der Waals surface area (Å²) in [6.07, 6.45) is 0. The molecule has 0 saturated heterocycles. The van der Waals surface area contributed by atoms with Crippen molar-refractivity contribution in [1.82, 2.24) is 0 Å². The number of hydrogen-bond donors (Lipinski definition) is 0. The Balaban J connectivity index is 2.57. The fraction of sp³-hybridized carbons (Fsp3) is 0.100. The maximum atomic E-state index is 8.64. The fourth-order valence-electron chi connectivity index (χ4n) is 1.19. The molecule has 2 aromatic rings. The number of alkyl halides is 1. The zero-order valence-electron chi connectivity index (χ0n) is 6.70. The maximum Gasteiger partial charge on any atom is 0.154 e. The molecule has 1 unspecified atom stereocenters. The summed E-state index contributed by atoms with van der Waals surface area (Å²) in [7, 11) is 0. The Hall–Kier alpha value is -1.04. The molecule has 13 heavy (non-hydrogen) atoms. The number of nitrogens with zero attached hydrogens (tertiary/aromatic N) is 1. The number of thiophene rings is 1. The van der Waals surface area contributed by atoms with Gasteiger partial charge in [0.05, 0.1) is 6.07 Å². The second kappa shape index (κ2) is 3.37. The van der Waals surface area contributed by atoms with Crippen molar-refractivity contribution in [2.45, 2.75) is 5.38 Å². The predicted molar refractivity (Wildman–Crippen MR) is 56.0 cm³/mol. The Morgan fingerprint density at radius 1 is 1.38 bits per heavy atom. The molecule has 2 rings (SSSR count). The lowest BCUT2D eigenvalue weighted by atomic mass is 10.2. The third-order valence-corrected chi connectivity index (χ3v) is 3.45. The molecule has 1 aromatic carbocycles. The summed E-state index contributed by atoms with van der Waals surface area (Å²) in [5.74, 6) is 0. The van der Waals surface area contributed by atoms with Crippen LogP contribution in [0.3, 0.4) is 0 Å². The van der Waals surface area contributed by atoms with E-state index in [-0.39, 0.29) is 0 Å². The van der Waals surface area contributed by atoms with Gasteiger partial charge in [0.25, 0.3) is 0 Å². The van der Waals surface area contributed by atoms with Crippen LogP contribution in [0.15, 0.2) is 30.3 Å². The summed E-state index contributed by atoms with van der Waals surface area (Å²) in [5.41, 5.74) is 0. The van der Waals surface area contributed by atoms with Crippen LogP contribution in [0.4, 0.5) is 0 Å². The van der Waals surface area contributed by atoms with Gasteiger partial charge in [-0.15, -0.1) is 22.9 Å². The first-order valence-corrected chi connectivity index (χ1v) is 5.09. The highest BCUT2D eigenvalue weighted by Gasteiger charge is 2.09. The summed E-state index contributed by atoms with van der Waals surface area (Å²) in [6.45, 7) is 0. The van der Waals surface area contributed by atoms with Crippen LogP contribution in [-0.4, -0.2) is 0 Å². The van der Waals surface area contributed by atoms with Crippen LogP contribution in [0.5, 0.6) is 0 Å². The van der Waals surface area contributed by atoms with E-state index >= 15 is 0 Å². The Morgan fingerprint density at radius 3 is 2.85 bits per heavy atom. The summed E-state index contributed by atoms with van der Waals surface area (Å²) in [4.78, 5) is 0.922. The second-order valence-corrected chi connectivity index (χ2v) is 4.23. The molecule has 0 aliphatic heterocycles. The monoisotopic (exact) mass is 207 g/mol. The average molecular weight is 208 g/mol. The van der Waals surface area contributed by atoms with E-state index in [0.717, 1.165) is 10.3 Å². The maximum absolute atomic E-state index is 8.64. The van der Waals surface area contributed by atoms with Crippen LogP contribution in [0.1, 0.15) is 10.3 Å². The van der Waals surface area contributed by atoms with Gasteiger partial charge in [-0.3, -0.25) is 0 Å². The third kappa shape index (κ3) is 1.53. The second-order valence-electron chi connectivity index (χ2n) is 2.68. The van der Waals surface area contributed by atoms with E-state index in [1.807, 2.05) is 36.4 Å². The molecular weight excluding hydrogens is 202 g/mol. The Kier molecular flexibility index (Phi) is 2.22. The van der Waals surface area contributed by atoms with Gasteiger partial charge < -0.3 is 0 Å². The number of hydrogen-bond acceptors (Lipinski definition) is 2. The van der Waals surface area contributed by atoms with Crippen molar-refractivity contribution in [2.24, 2.45) is 0 Å². The lowest BCUT2D eigenvalue weighted by Crippen LogP contribution is -1.77. The number of rotatable bonds is 1. The molecular formula is C10H6ClNS. The molecule has 0 radical (unpaired) electrons. The van der Waals surface area contributed by atoms with Crippen molar-refractivity contribution in [3.8, 4) is 6.07 Å². The van der Waals surface area contributed by atoms with E-state index in [1.54, 1.807) is 11.3 Å². The van der Waals surface area contributed by atoms with Crippen LogP contribution in [0.25, 0.3) is 10.1 Å². The van der Waals surface area contributed by atoms with Crippen LogP contribution in [-0.2, 0) is 0 Å². The highest BCUT2D eigenvalue weighted by atomic mass is 35.5. The minimum Gasteiger partial charge on any atom is -0.196 e. The Morgan fingerprint density at radius 2 is 2.15 bits per heavy atom. The molecule has 0 saturated carbocycles. The fourth-order valence-corrected chi connectivity index (χ4v) is 2.37. The highest BCUT2D eigenvalue weighted by Crippen LogP contribution is 2.32. The van der Waals surface area contributed by atoms with Crippen LogP contribution in [0.2, 0.25) is 0 Å². The Bertz CT molecular complexity index is 436. The minimum atomic E-state index is -0.516. The molecule has 1 nitrogen and oxygen atoms in total. The topological polar surface area (TPSA) is 23.8 Å². The summed E-state index contributed by atoms with van der Waals surface area (Å²) >= 11 is 7.39. The molecule has 0 spiro atoms. The normalized spacial score (nSPS) is 12.6. The number of nitriles is 1. The van der Waals surface area contributed by atoms with Gasteiger partial charge in [0.15, 0.2) is 5.38 Å². The summed E-state index contributed by atoms with van der Waals surface area (Å²) in [5, 5.41) is 9.28. The van der Waals surface area contributed by atoms with Crippen molar-refractivity contribution in [2.75, 3.05) is 0 Å². The average Bonchev–Trinajstić information content (AvgIpc) is 2.59. The standard InChI is InChI=1S/C10H6ClNS/c11-8(6-12)10-5-7-3-1-2-4-9(7)13-10/h1-5,8H. The van der Waals surface area contributed by atoms with Crippen LogP contribution >= 0.6 is 22.9 Å². The lowest BCUT2D eigenvalue weighted by molar-refractivity contribution is 1.27. The predicted octanol–water partition coefficient (Wildman–Crippen LogP) is 3.70. The van der Waals surface area contributed by atoms with Gasteiger partial charge in [-0.25, -0.2) is 0 Å². The van der Waals surface area contributed by atoms with Gasteiger partial charge in [-0.1, -0.05) is 18.2 Å². The molecule has 0 fully saturated rings. The SMILES string of the molecule is N#CC(Cl)c1cc2ccccc2s1. The third-order valence-electron chi connectivity index (χ3n) is 1.81. The van der Waals surface area contributed by atoms with E-state index in [2.05, 4.69) is 0 Å². The molecule has 0 N–H and O–H groups in total. The van der Waals surface area contributed by atoms with E-state index in [1.165, 1.54) is 4.70 Å². The first kappa shape index (κ1) is 8.55. The zero-order valence-corrected chi connectivity index (χ0v) is 8.27. The van der Waals surface area contributed by atoms with Crippen LogP contribution < -0.4 is 0 Å². The number of fused-ring (bicyclic) bond motifs is 1. The van der Waals surface area contributed by atoms with Crippen molar-refractivity contribution < 1.29 is 0 Å². The van der Waals surface area contributed by atoms with Gasteiger partial charge >= 0.3 is 0 Å². The first-order chi connectivity index (χ1) is 6.31. The largest absolute Gasteiger partial charge is 0.196 e. The molecule has 0 aliphatic carbocycles. The van der Waals surface area contributed by atoms with Crippen molar-refractivity contribution in [3.63, 3.8) is 0 Å². The molecule has 0 amide bonds.